The zero-order valence-corrected chi connectivity index (χ0v) is 20.6. The van der Waals surface area contributed by atoms with Gasteiger partial charge >= 0.3 is 0 Å². The zero-order valence-electron chi connectivity index (χ0n) is 18.3. The predicted octanol–water partition coefficient (Wildman–Crippen LogP) is 3.26. The lowest BCUT2D eigenvalue weighted by atomic mass is 10.1. The Bertz CT molecular complexity index is 783. The van der Waals surface area contributed by atoms with Crippen LogP contribution < -0.4 is 20.7 Å². The van der Waals surface area contributed by atoms with Crippen molar-refractivity contribution in [3.63, 3.8) is 0 Å². The molecule has 0 unspecified atom stereocenters. The molecular formula is C21H33IN6O2. The number of benzene rings is 1. The van der Waals surface area contributed by atoms with Crippen molar-refractivity contribution in [1.82, 2.24) is 20.4 Å². The molecule has 2 rings (SSSR count). The summed E-state index contributed by atoms with van der Waals surface area (Å²) in [5.74, 6) is 1.20. The van der Waals surface area contributed by atoms with E-state index < -0.39 is 0 Å². The van der Waals surface area contributed by atoms with E-state index in [0.29, 0.717) is 19.0 Å². The van der Waals surface area contributed by atoms with Gasteiger partial charge in [0.1, 0.15) is 12.3 Å². The third-order valence-electron chi connectivity index (χ3n) is 3.58. The number of guanidine groups is 1. The Balaban J connectivity index is 0.00000450. The smallest absolute Gasteiger partial charge is 0.242 e. The molecule has 0 aliphatic carbocycles. The van der Waals surface area contributed by atoms with Gasteiger partial charge in [-0.2, -0.15) is 5.10 Å². The van der Waals surface area contributed by atoms with Gasteiger partial charge in [-0.15, -0.1) is 24.0 Å². The summed E-state index contributed by atoms with van der Waals surface area (Å²) in [5.41, 5.74) is 0.558. The van der Waals surface area contributed by atoms with Crippen LogP contribution in [0, 0.1) is 0 Å². The second kappa shape index (κ2) is 12.4. The van der Waals surface area contributed by atoms with Crippen LogP contribution in [0.4, 0.5) is 5.69 Å². The topological polar surface area (TPSA) is 92.6 Å². The molecule has 0 radical (unpaired) electrons. The van der Waals surface area contributed by atoms with Gasteiger partial charge in [-0.3, -0.25) is 9.48 Å². The van der Waals surface area contributed by atoms with Crippen LogP contribution in [0.25, 0.3) is 0 Å². The van der Waals surface area contributed by atoms with Gasteiger partial charge in [0.15, 0.2) is 5.96 Å². The number of halogens is 1. The van der Waals surface area contributed by atoms with Crippen LogP contribution in [-0.2, 0) is 11.3 Å². The van der Waals surface area contributed by atoms with Crippen molar-refractivity contribution in [2.75, 3.05) is 18.4 Å². The number of nitrogens with one attached hydrogen (secondary N) is 3. The number of aliphatic imine (C=N–C) groups is 1. The molecule has 0 fully saturated rings. The van der Waals surface area contributed by atoms with Crippen LogP contribution in [0.5, 0.6) is 5.75 Å². The number of hydrogen-bond donors (Lipinski definition) is 3. The van der Waals surface area contributed by atoms with Crippen LogP contribution >= 0.6 is 24.0 Å². The van der Waals surface area contributed by atoms with E-state index in [9.17, 15) is 4.79 Å². The number of aromatic nitrogens is 2. The summed E-state index contributed by atoms with van der Waals surface area (Å²) in [6.45, 7) is 11.1. The number of amides is 1. The van der Waals surface area contributed by atoms with Crippen molar-refractivity contribution in [2.24, 2.45) is 4.99 Å². The summed E-state index contributed by atoms with van der Waals surface area (Å²) >= 11 is 0. The Hall–Kier alpha value is -2.30. The van der Waals surface area contributed by atoms with Gasteiger partial charge in [0, 0.05) is 30.2 Å². The van der Waals surface area contributed by atoms with Gasteiger partial charge in [-0.05, 0) is 65.0 Å². The summed E-state index contributed by atoms with van der Waals surface area (Å²) in [6, 6.07) is 9.51. The maximum absolute atomic E-state index is 12.1. The van der Waals surface area contributed by atoms with Gasteiger partial charge in [0.05, 0.1) is 12.6 Å². The van der Waals surface area contributed by atoms with Crippen molar-refractivity contribution in [1.29, 1.82) is 0 Å². The highest BCUT2D eigenvalue weighted by Crippen LogP contribution is 2.16. The SMILES string of the molecule is CC(C)Oc1ccc(NC(=NCC(=O)NC(C)(C)C)NCCn2cccn2)cc1.I. The highest BCUT2D eigenvalue weighted by Gasteiger charge is 2.13. The third kappa shape index (κ3) is 10.5. The molecule has 0 saturated heterocycles. The van der Waals surface area contributed by atoms with E-state index in [1.54, 1.807) is 6.20 Å². The standard InChI is InChI=1S/C21H32N6O2.HI/c1-16(2)29-18-9-7-17(8-10-18)25-20(22-12-14-27-13-6-11-24-27)23-15-19(28)26-21(3,4)5;/h6-11,13,16H,12,14-15H2,1-5H3,(H,26,28)(H2,22,23,25);1H. The summed E-state index contributed by atoms with van der Waals surface area (Å²) in [7, 11) is 0. The first-order chi connectivity index (χ1) is 13.7. The van der Waals surface area contributed by atoms with Gasteiger partial charge in [-0.25, -0.2) is 4.99 Å². The molecule has 166 valence electrons. The number of rotatable bonds is 8. The Labute approximate surface area is 195 Å². The maximum Gasteiger partial charge on any atom is 0.242 e. The molecule has 0 bridgehead atoms. The Kier molecular flexibility index (Phi) is 10.6. The van der Waals surface area contributed by atoms with E-state index in [1.807, 2.05) is 75.8 Å². The van der Waals surface area contributed by atoms with E-state index in [2.05, 4.69) is 26.0 Å². The predicted molar refractivity (Wildman–Crippen MR) is 132 cm³/mol. The molecule has 0 atom stereocenters. The molecule has 0 aliphatic heterocycles. The molecule has 30 heavy (non-hydrogen) atoms. The van der Waals surface area contributed by atoms with Crippen molar-refractivity contribution >= 4 is 41.5 Å². The highest BCUT2D eigenvalue weighted by molar-refractivity contribution is 14.0. The van der Waals surface area contributed by atoms with Crippen LogP contribution in [0.3, 0.4) is 0 Å². The Morgan fingerprint density at radius 1 is 1.23 bits per heavy atom. The third-order valence-corrected chi connectivity index (χ3v) is 3.58. The van der Waals surface area contributed by atoms with Crippen LogP contribution in [0.1, 0.15) is 34.6 Å². The minimum Gasteiger partial charge on any atom is -0.491 e. The molecule has 0 aliphatic rings. The summed E-state index contributed by atoms with van der Waals surface area (Å²) in [6.07, 6.45) is 3.76. The van der Waals surface area contributed by atoms with Crippen molar-refractivity contribution < 1.29 is 9.53 Å². The fraction of sp³-hybridized carbons (Fsp3) is 0.476. The van der Waals surface area contributed by atoms with Gasteiger partial charge in [0.2, 0.25) is 5.91 Å². The second-order valence-electron chi connectivity index (χ2n) is 7.97. The zero-order chi connectivity index (χ0) is 21.3. The minimum atomic E-state index is -0.292. The molecule has 0 spiro atoms. The number of carbonyl (C=O) groups excluding carboxylic acids is 1. The average molecular weight is 528 g/mol. The second-order valence-corrected chi connectivity index (χ2v) is 7.97. The molecule has 1 aromatic heterocycles. The van der Waals surface area contributed by atoms with Crippen LogP contribution in [0.15, 0.2) is 47.7 Å². The summed E-state index contributed by atoms with van der Waals surface area (Å²) in [5, 5.41) is 13.6. The van der Waals surface area contributed by atoms with Gasteiger partial charge in [-0.1, -0.05) is 0 Å². The van der Waals surface area contributed by atoms with E-state index in [-0.39, 0.29) is 48.1 Å². The monoisotopic (exact) mass is 528 g/mol. The largest absolute Gasteiger partial charge is 0.491 e. The lowest BCUT2D eigenvalue weighted by molar-refractivity contribution is -0.121. The first-order valence-electron chi connectivity index (χ1n) is 9.82. The summed E-state index contributed by atoms with van der Waals surface area (Å²) < 4.78 is 7.50. The highest BCUT2D eigenvalue weighted by atomic mass is 127. The lowest BCUT2D eigenvalue weighted by Gasteiger charge is -2.20. The Morgan fingerprint density at radius 3 is 2.50 bits per heavy atom. The Morgan fingerprint density at radius 2 is 1.93 bits per heavy atom. The molecule has 0 saturated carbocycles. The van der Waals surface area contributed by atoms with Crippen LogP contribution in [0.2, 0.25) is 0 Å². The van der Waals surface area contributed by atoms with E-state index in [1.165, 1.54) is 0 Å². The fourth-order valence-corrected chi connectivity index (χ4v) is 2.50. The summed E-state index contributed by atoms with van der Waals surface area (Å²) in [4.78, 5) is 16.5. The maximum atomic E-state index is 12.1. The van der Waals surface area contributed by atoms with E-state index in [0.717, 1.165) is 11.4 Å². The van der Waals surface area contributed by atoms with Gasteiger partial charge < -0.3 is 20.7 Å². The number of carbonyl (C=O) groups is 1. The van der Waals surface area contributed by atoms with Crippen molar-refractivity contribution in [3.05, 3.63) is 42.7 Å². The molecule has 9 heteroatoms. The van der Waals surface area contributed by atoms with Crippen molar-refractivity contribution in [3.8, 4) is 5.75 Å². The van der Waals surface area contributed by atoms with Crippen molar-refractivity contribution in [2.45, 2.75) is 52.8 Å². The first kappa shape index (κ1) is 25.7. The molecular weight excluding hydrogens is 495 g/mol. The number of nitrogens with zero attached hydrogens (tertiary/aromatic N) is 3. The fourth-order valence-electron chi connectivity index (χ4n) is 2.50. The van der Waals surface area contributed by atoms with Crippen LogP contribution in [-0.4, -0.2) is 46.4 Å². The molecule has 1 heterocycles. The molecule has 8 nitrogen and oxygen atoms in total. The quantitative estimate of drug-likeness (QED) is 0.278. The first-order valence-corrected chi connectivity index (χ1v) is 9.82. The lowest BCUT2D eigenvalue weighted by Crippen LogP contribution is -2.42. The number of ether oxygens (including phenoxy) is 1. The minimum absolute atomic E-state index is 0. The molecule has 2 aromatic rings. The number of hydrogen-bond acceptors (Lipinski definition) is 4. The van der Waals surface area contributed by atoms with Gasteiger partial charge in [0.25, 0.3) is 0 Å². The molecule has 3 N–H and O–H groups in total. The molecule has 1 amide bonds. The van der Waals surface area contributed by atoms with E-state index in [4.69, 9.17) is 4.74 Å². The molecule has 1 aromatic carbocycles. The normalized spacial score (nSPS) is 11.6. The number of anilines is 1. The van der Waals surface area contributed by atoms with E-state index >= 15 is 0 Å². The average Bonchev–Trinajstić information content (AvgIpc) is 3.12.